The first kappa shape index (κ1) is 22.5. The maximum atomic E-state index is 12.9. The summed E-state index contributed by atoms with van der Waals surface area (Å²) in [6.45, 7) is 2.17. The number of nitrogens with one attached hydrogen (secondary N) is 1. The Bertz CT molecular complexity index is 1050. The molecule has 1 saturated heterocycles. The number of methoxy groups -OCH3 is 1. The summed E-state index contributed by atoms with van der Waals surface area (Å²) in [7, 11) is 3.63. The van der Waals surface area contributed by atoms with E-state index in [9.17, 15) is 4.79 Å². The predicted molar refractivity (Wildman–Crippen MR) is 126 cm³/mol. The van der Waals surface area contributed by atoms with Crippen LogP contribution in [-0.2, 0) is 9.53 Å². The number of pyridine rings is 1. The van der Waals surface area contributed by atoms with Gasteiger partial charge in [0.2, 0.25) is 5.91 Å². The maximum Gasteiger partial charge on any atom is 0.224 e. The standard InChI is InChI=1S/C24H28N6O3/c1-29(18-6-8-19(32-2)9-7-18)13-10-24(31)30-14-15-33-21(17-30)20-4-3-5-22(27-20)28-23-16-25-11-12-26-23/h3-9,11-12,16,21H,10,13-15,17H2,1-2H3,(H,26,27,28)/t21-/m1/s1. The minimum absolute atomic E-state index is 0.109. The van der Waals surface area contributed by atoms with E-state index in [-0.39, 0.29) is 12.0 Å². The fraction of sp³-hybridized carbons (Fsp3) is 0.333. The largest absolute Gasteiger partial charge is 0.497 e. The summed E-state index contributed by atoms with van der Waals surface area (Å²) in [5, 5.41) is 3.14. The number of hydrogen-bond donors (Lipinski definition) is 1. The summed E-state index contributed by atoms with van der Waals surface area (Å²) in [6, 6.07) is 13.5. The molecular weight excluding hydrogens is 420 g/mol. The van der Waals surface area contributed by atoms with Crippen LogP contribution in [0.5, 0.6) is 5.75 Å². The number of hydrogen-bond acceptors (Lipinski definition) is 8. The first-order valence-electron chi connectivity index (χ1n) is 10.9. The number of anilines is 3. The third-order valence-electron chi connectivity index (χ3n) is 5.51. The molecule has 3 heterocycles. The minimum Gasteiger partial charge on any atom is -0.497 e. The molecule has 0 radical (unpaired) electrons. The number of aromatic nitrogens is 3. The van der Waals surface area contributed by atoms with Crippen molar-refractivity contribution < 1.29 is 14.3 Å². The molecule has 1 amide bonds. The van der Waals surface area contributed by atoms with Crippen molar-refractivity contribution in [2.45, 2.75) is 12.5 Å². The normalized spacial score (nSPS) is 15.7. The summed E-state index contributed by atoms with van der Waals surface area (Å²) in [4.78, 5) is 29.7. The van der Waals surface area contributed by atoms with E-state index < -0.39 is 0 Å². The highest BCUT2D eigenvalue weighted by Crippen LogP contribution is 2.24. The molecule has 0 aliphatic carbocycles. The lowest BCUT2D eigenvalue weighted by atomic mass is 10.1. The van der Waals surface area contributed by atoms with Crippen molar-refractivity contribution >= 4 is 23.2 Å². The van der Waals surface area contributed by atoms with Gasteiger partial charge in [0.15, 0.2) is 0 Å². The molecule has 1 N–H and O–H groups in total. The lowest BCUT2D eigenvalue weighted by molar-refractivity contribution is -0.138. The number of amides is 1. The second kappa shape index (κ2) is 10.7. The van der Waals surface area contributed by atoms with E-state index >= 15 is 0 Å². The van der Waals surface area contributed by atoms with Gasteiger partial charge in [-0.1, -0.05) is 6.07 Å². The molecule has 1 aliphatic rings. The van der Waals surface area contributed by atoms with Gasteiger partial charge >= 0.3 is 0 Å². The monoisotopic (exact) mass is 448 g/mol. The van der Waals surface area contributed by atoms with Gasteiger partial charge in [0, 0.05) is 44.6 Å². The van der Waals surface area contributed by atoms with Crippen LogP contribution in [0.4, 0.5) is 17.3 Å². The van der Waals surface area contributed by atoms with E-state index in [2.05, 4.69) is 25.2 Å². The number of morpholine rings is 1. The minimum atomic E-state index is -0.273. The average Bonchev–Trinajstić information content (AvgIpc) is 2.88. The van der Waals surface area contributed by atoms with Gasteiger partial charge in [-0.15, -0.1) is 0 Å². The van der Waals surface area contributed by atoms with E-state index in [1.54, 1.807) is 25.7 Å². The number of carbonyl (C=O) groups excluding carboxylic acids is 1. The van der Waals surface area contributed by atoms with E-state index in [0.717, 1.165) is 17.1 Å². The number of benzene rings is 1. The SMILES string of the molecule is COc1ccc(N(C)CCC(=O)N2CCO[C@@H](c3cccc(Nc4cnccn4)n3)C2)cc1. The number of ether oxygens (including phenoxy) is 2. The van der Waals surface area contributed by atoms with Crippen LogP contribution < -0.4 is 15.0 Å². The lowest BCUT2D eigenvalue weighted by Crippen LogP contribution is -2.43. The van der Waals surface area contributed by atoms with Gasteiger partial charge in [0.1, 0.15) is 23.5 Å². The molecule has 0 unspecified atom stereocenters. The first-order chi connectivity index (χ1) is 16.1. The molecular formula is C24H28N6O3. The van der Waals surface area contributed by atoms with Crippen molar-refractivity contribution in [3.8, 4) is 5.75 Å². The Morgan fingerprint density at radius 2 is 2.06 bits per heavy atom. The first-order valence-corrected chi connectivity index (χ1v) is 10.9. The van der Waals surface area contributed by atoms with Crippen LogP contribution in [0.3, 0.4) is 0 Å². The van der Waals surface area contributed by atoms with Gasteiger partial charge < -0.3 is 24.6 Å². The van der Waals surface area contributed by atoms with Crippen LogP contribution in [0.1, 0.15) is 18.2 Å². The maximum absolute atomic E-state index is 12.9. The Balaban J connectivity index is 1.33. The van der Waals surface area contributed by atoms with Crippen LogP contribution in [-0.4, -0.2) is 66.2 Å². The van der Waals surface area contributed by atoms with Crippen molar-refractivity contribution in [1.82, 2.24) is 19.9 Å². The molecule has 1 atom stereocenters. The van der Waals surface area contributed by atoms with E-state index in [1.165, 1.54) is 0 Å². The van der Waals surface area contributed by atoms with Crippen molar-refractivity contribution in [3.63, 3.8) is 0 Å². The zero-order valence-corrected chi connectivity index (χ0v) is 18.8. The smallest absolute Gasteiger partial charge is 0.224 e. The summed E-state index contributed by atoms with van der Waals surface area (Å²) in [5.41, 5.74) is 1.82. The third-order valence-corrected chi connectivity index (χ3v) is 5.51. The fourth-order valence-corrected chi connectivity index (χ4v) is 3.64. The molecule has 0 saturated carbocycles. The van der Waals surface area contributed by atoms with Gasteiger partial charge in [0.25, 0.3) is 0 Å². The molecule has 2 aromatic heterocycles. The lowest BCUT2D eigenvalue weighted by Gasteiger charge is -2.33. The van der Waals surface area contributed by atoms with Crippen LogP contribution in [0.2, 0.25) is 0 Å². The third kappa shape index (κ3) is 5.95. The molecule has 1 fully saturated rings. The number of carbonyl (C=O) groups is 1. The summed E-state index contributed by atoms with van der Waals surface area (Å²) in [6.07, 6.45) is 5.02. The van der Waals surface area contributed by atoms with Gasteiger partial charge in [-0.25, -0.2) is 9.97 Å². The molecule has 9 nitrogen and oxygen atoms in total. The van der Waals surface area contributed by atoms with Crippen molar-refractivity contribution in [3.05, 3.63) is 66.7 Å². The van der Waals surface area contributed by atoms with E-state index in [1.807, 2.05) is 54.4 Å². The molecule has 9 heteroatoms. The number of rotatable bonds is 8. The van der Waals surface area contributed by atoms with Gasteiger partial charge in [-0.2, -0.15) is 0 Å². The molecule has 1 aliphatic heterocycles. The second-order valence-electron chi connectivity index (χ2n) is 7.73. The Morgan fingerprint density at radius 3 is 2.82 bits per heavy atom. The Morgan fingerprint density at radius 1 is 1.21 bits per heavy atom. The zero-order valence-electron chi connectivity index (χ0n) is 18.8. The molecule has 3 aromatic rings. The topological polar surface area (TPSA) is 92.7 Å². The second-order valence-corrected chi connectivity index (χ2v) is 7.73. The zero-order chi connectivity index (χ0) is 23.0. The van der Waals surface area contributed by atoms with Crippen molar-refractivity contribution in [1.29, 1.82) is 0 Å². The Labute approximate surface area is 193 Å². The highest BCUT2D eigenvalue weighted by atomic mass is 16.5. The van der Waals surface area contributed by atoms with E-state index in [0.29, 0.717) is 44.3 Å². The van der Waals surface area contributed by atoms with Crippen LogP contribution in [0.25, 0.3) is 0 Å². The van der Waals surface area contributed by atoms with Gasteiger partial charge in [-0.3, -0.25) is 9.78 Å². The summed E-state index contributed by atoms with van der Waals surface area (Å²) in [5.74, 6) is 2.19. The summed E-state index contributed by atoms with van der Waals surface area (Å²) >= 11 is 0. The van der Waals surface area contributed by atoms with Gasteiger partial charge in [0.05, 0.1) is 32.2 Å². The van der Waals surface area contributed by atoms with Crippen LogP contribution >= 0.6 is 0 Å². The quantitative estimate of drug-likeness (QED) is 0.562. The van der Waals surface area contributed by atoms with Gasteiger partial charge in [-0.05, 0) is 36.4 Å². The fourth-order valence-electron chi connectivity index (χ4n) is 3.64. The number of nitrogens with zero attached hydrogens (tertiary/aromatic N) is 5. The molecule has 1 aromatic carbocycles. The Kier molecular flexibility index (Phi) is 7.31. The predicted octanol–water partition coefficient (Wildman–Crippen LogP) is 3.05. The molecule has 33 heavy (non-hydrogen) atoms. The highest BCUT2D eigenvalue weighted by Gasteiger charge is 2.26. The molecule has 172 valence electrons. The molecule has 0 spiro atoms. The molecule has 0 bridgehead atoms. The highest BCUT2D eigenvalue weighted by molar-refractivity contribution is 5.77. The Hall–Kier alpha value is -3.72. The van der Waals surface area contributed by atoms with Crippen LogP contribution in [0.15, 0.2) is 61.1 Å². The molecule has 4 rings (SSSR count). The van der Waals surface area contributed by atoms with Crippen LogP contribution in [0, 0.1) is 0 Å². The van der Waals surface area contributed by atoms with Crippen molar-refractivity contribution in [2.75, 3.05) is 50.6 Å². The van der Waals surface area contributed by atoms with E-state index in [4.69, 9.17) is 9.47 Å². The summed E-state index contributed by atoms with van der Waals surface area (Å²) < 4.78 is 11.1. The van der Waals surface area contributed by atoms with Crippen molar-refractivity contribution in [2.24, 2.45) is 0 Å². The average molecular weight is 449 g/mol.